The maximum Gasteiger partial charge on any atom is 0.349 e. The maximum absolute atomic E-state index is 12.2. The first-order valence-corrected chi connectivity index (χ1v) is 9.10. The number of esters is 1. The number of carbonyl (C=O) groups is 2. The second kappa shape index (κ2) is 9.19. The lowest BCUT2D eigenvalue weighted by atomic mass is 10.0. The van der Waals surface area contributed by atoms with Crippen LogP contribution in [0.3, 0.4) is 0 Å². The van der Waals surface area contributed by atoms with Crippen LogP contribution in [-0.4, -0.2) is 36.0 Å². The van der Waals surface area contributed by atoms with Gasteiger partial charge in [-0.25, -0.2) is 4.79 Å². The number of benzene rings is 1. The van der Waals surface area contributed by atoms with Crippen LogP contribution >= 0.6 is 0 Å². The van der Waals surface area contributed by atoms with Crippen LogP contribution in [0.5, 0.6) is 0 Å². The van der Waals surface area contributed by atoms with E-state index in [-0.39, 0.29) is 24.1 Å². The van der Waals surface area contributed by atoms with Gasteiger partial charge in [-0.1, -0.05) is 38.1 Å². The van der Waals surface area contributed by atoms with Crippen molar-refractivity contribution in [1.82, 2.24) is 4.90 Å². The molecule has 1 saturated heterocycles. The molecule has 2 rings (SSSR count). The molecule has 1 aliphatic heterocycles. The number of piperidine rings is 1. The van der Waals surface area contributed by atoms with E-state index < -0.39 is 5.97 Å². The van der Waals surface area contributed by atoms with E-state index in [4.69, 9.17) is 4.74 Å². The van der Waals surface area contributed by atoms with Gasteiger partial charge in [-0.3, -0.25) is 4.79 Å². The molecule has 1 aromatic carbocycles. The van der Waals surface area contributed by atoms with E-state index >= 15 is 0 Å². The van der Waals surface area contributed by atoms with Gasteiger partial charge >= 0.3 is 5.97 Å². The average molecular weight is 354 g/mol. The zero-order chi connectivity index (χ0) is 19.1. The number of nitrogens with zero attached hydrogens (tertiary/aromatic N) is 2. The molecule has 5 nitrogen and oxygen atoms in total. The van der Waals surface area contributed by atoms with Crippen LogP contribution in [0.2, 0.25) is 0 Å². The molecule has 1 fully saturated rings. The molecule has 0 unspecified atom stereocenters. The molecule has 5 heteroatoms. The second-order valence-corrected chi connectivity index (χ2v) is 7.00. The highest BCUT2D eigenvalue weighted by atomic mass is 16.5. The van der Waals surface area contributed by atoms with Gasteiger partial charge in [0.05, 0.1) is 0 Å². The van der Waals surface area contributed by atoms with Gasteiger partial charge in [0.25, 0.3) is 5.91 Å². The lowest BCUT2D eigenvalue weighted by Gasteiger charge is -2.33. The van der Waals surface area contributed by atoms with Crippen LogP contribution in [0.4, 0.5) is 0 Å². The summed E-state index contributed by atoms with van der Waals surface area (Å²) in [5, 5.41) is 9.24. The quantitative estimate of drug-likeness (QED) is 0.460. The molecule has 1 atom stereocenters. The van der Waals surface area contributed by atoms with E-state index in [0.717, 1.165) is 24.8 Å². The summed E-state index contributed by atoms with van der Waals surface area (Å²) in [5.74, 6) is -0.556. The molecule has 0 radical (unpaired) electrons. The lowest BCUT2D eigenvalue weighted by Crippen LogP contribution is -2.44. The standard InChI is InChI=1S/C21H26N2O3/c1-15(2)18-9-7-17(8-10-18)12-19(13-22)21(25)26-14-20(24)23-11-5-4-6-16(23)3/h7-10,12,15-16H,4-6,11,14H2,1-3H3/b19-12+/t16-/m0/s1. The summed E-state index contributed by atoms with van der Waals surface area (Å²) in [6, 6.07) is 9.69. The minimum atomic E-state index is -0.765. The summed E-state index contributed by atoms with van der Waals surface area (Å²) in [6.45, 7) is 6.57. The zero-order valence-corrected chi connectivity index (χ0v) is 15.7. The van der Waals surface area contributed by atoms with Gasteiger partial charge in [0, 0.05) is 12.6 Å². The number of rotatable bonds is 5. The number of carbonyl (C=O) groups excluding carboxylic acids is 2. The van der Waals surface area contributed by atoms with Crippen molar-refractivity contribution in [2.24, 2.45) is 0 Å². The monoisotopic (exact) mass is 354 g/mol. The summed E-state index contributed by atoms with van der Waals surface area (Å²) in [7, 11) is 0. The first kappa shape index (κ1) is 19.7. The molecule has 0 aromatic heterocycles. The Kier molecular flexibility index (Phi) is 6.97. The van der Waals surface area contributed by atoms with Gasteiger partial charge in [0.2, 0.25) is 0 Å². The number of hydrogen-bond acceptors (Lipinski definition) is 4. The molecule has 1 aromatic rings. The fourth-order valence-corrected chi connectivity index (χ4v) is 3.04. The first-order valence-electron chi connectivity index (χ1n) is 9.10. The third-order valence-corrected chi connectivity index (χ3v) is 4.70. The van der Waals surface area contributed by atoms with Crippen molar-refractivity contribution in [3.8, 4) is 6.07 Å². The van der Waals surface area contributed by atoms with Gasteiger partial charge in [-0.15, -0.1) is 0 Å². The van der Waals surface area contributed by atoms with Crippen molar-refractivity contribution in [3.05, 3.63) is 41.0 Å². The number of nitriles is 1. The number of hydrogen-bond donors (Lipinski definition) is 0. The average Bonchev–Trinajstić information content (AvgIpc) is 2.64. The van der Waals surface area contributed by atoms with Crippen LogP contribution in [-0.2, 0) is 14.3 Å². The molecule has 1 amide bonds. The van der Waals surface area contributed by atoms with Crippen molar-refractivity contribution >= 4 is 18.0 Å². The Morgan fingerprint density at radius 3 is 2.58 bits per heavy atom. The van der Waals surface area contributed by atoms with E-state index in [2.05, 4.69) is 13.8 Å². The zero-order valence-electron chi connectivity index (χ0n) is 15.7. The normalized spacial score (nSPS) is 17.7. The van der Waals surface area contributed by atoms with E-state index in [1.165, 1.54) is 11.6 Å². The van der Waals surface area contributed by atoms with Crippen molar-refractivity contribution < 1.29 is 14.3 Å². The fraction of sp³-hybridized carbons (Fsp3) is 0.476. The lowest BCUT2D eigenvalue weighted by molar-refractivity contribution is -0.150. The van der Waals surface area contributed by atoms with Gasteiger partial charge < -0.3 is 9.64 Å². The van der Waals surface area contributed by atoms with Crippen molar-refractivity contribution in [2.75, 3.05) is 13.2 Å². The van der Waals surface area contributed by atoms with E-state index in [0.29, 0.717) is 12.5 Å². The molecule has 0 saturated carbocycles. The van der Waals surface area contributed by atoms with Gasteiger partial charge in [-0.05, 0) is 49.3 Å². The topological polar surface area (TPSA) is 70.4 Å². The summed E-state index contributed by atoms with van der Waals surface area (Å²) in [5.41, 5.74) is 1.82. The summed E-state index contributed by atoms with van der Waals surface area (Å²) >= 11 is 0. The number of likely N-dealkylation sites (tertiary alicyclic amines) is 1. The molecule has 0 spiro atoms. The molecule has 138 valence electrons. The summed E-state index contributed by atoms with van der Waals surface area (Å²) < 4.78 is 5.07. The second-order valence-electron chi connectivity index (χ2n) is 7.00. The van der Waals surface area contributed by atoms with Crippen molar-refractivity contribution in [3.63, 3.8) is 0 Å². The highest BCUT2D eigenvalue weighted by molar-refractivity contribution is 5.98. The van der Waals surface area contributed by atoms with E-state index in [1.54, 1.807) is 4.90 Å². The Hall–Kier alpha value is -2.61. The number of ether oxygens (including phenoxy) is 1. The molecule has 0 aliphatic carbocycles. The third kappa shape index (κ3) is 5.19. The van der Waals surface area contributed by atoms with Crippen LogP contribution < -0.4 is 0 Å². The Morgan fingerprint density at radius 1 is 1.31 bits per heavy atom. The van der Waals surface area contributed by atoms with E-state index in [1.807, 2.05) is 37.3 Å². The Labute approximate surface area is 155 Å². The van der Waals surface area contributed by atoms with E-state index in [9.17, 15) is 14.9 Å². The van der Waals surface area contributed by atoms with Crippen LogP contribution in [0.25, 0.3) is 6.08 Å². The minimum Gasteiger partial charge on any atom is -0.451 e. The minimum absolute atomic E-state index is 0.109. The van der Waals surface area contributed by atoms with Gasteiger partial charge in [0.1, 0.15) is 11.6 Å². The first-order chi connectivity index (χ1) is 12.4. The van der Waals surface area contributed by atoms with Crippen LogP contribution in [0.1, 0.15) is 57.1 Å². The summed E-state index contributed by atoms with van der Waals surface area (Å²) in [4.78, 5) is 26.1. The predicted molar refractivity (Wildman–Crippen MR) is 100 cm³/mol. The summed E-state index contributed by atoms with van der Waals surface area (Å²) in [6.07, 6.45) is 4.54. The number of amides is 1. The Bertz CT molecular complexity index is 714. The predicted octanol–water partition coefficient (Wildman–Crippen LogP) is 3.66. The van der Waals surface area contributed by atoms with Crippen molar-refractivity contribution in [1.29, 1.82) is 5.26 Å². The molecule has 26 heavy (non-hydrogen) atoms. The SMILES string of the molecule is CC(C)c1ccc(/C=C(\C#N)C(=O)OCC(=O)N2CCCC[C@@H]2C)cc1. The third-order valence-electron chi connectivity index (χ3n) is 4.70. The van der Waals surface area contributed by atoms with Crippen LogP contribution in [0, 0.1) is 11.3 Å². The Morgan fingerprint density at radius 2 is 2.00 bits per heavy atom. The largest absolute Gasteiger partial charge is 0.451 e. The fourth-order valence-electron chi connectivity index (χ4n) is 3.04. The molecule has 0 bridgehead atoms. The molecular formula is C21H26N2O3. The van der Waals surface area contributed by atoms with Gasteiger partial charge in [0.15, 0.2) is 6.61 Å². The van der Waals surface area contributed by atoms with Crippen LogP contribution in [0.15, 0.2) is 29.8 Å². The highest BCUT2D eigenvalue weighted by Crippen LogP contribution is 2.18. The van der Waals surface area contributed by atoms with Crippen molar-refractivity contribution in [2.45, 2.75) is 52.0 Å². The smallest absolute Gasteiger partial charge is 0.349 e. The molecule has 1 aliphatic rings. The Balaban J connectivity index is 1.97. The molecular weight excluding hydrogens is 328 g/mol. The maximum atomic E-state index is 12.2. The van der Waals surface area contributed by atoms with Gasteiger partial charge in [-0.2, -0.15) is 5.26 Å². The highest BCUT2D eigenvalue weighted by Gasteiger charge is 2.24. The molecule has 0 N–H and O–H groups in total. The molecule has 1 heterocycles.